The molecule has 9 heteroatoms. The molecular weight excluding hydrogens is 487 g/mol. The van der Waals surface area contributed by atoms with Crippen LogP contribution in [0.4, 0.5) is 13.2 Å². The molecule has 0 saturated heterocycles. The number of Topliss-reactive ketones (excluding diaryl/α,β-unsaturated/α-hetero) is 1. The molecule has 0 bridgehead atoms. The Kier molecular flexibility index (Phi) is 7.34. The summed E-state index contributed by atoms with van der Waals surface area (Å²) in [5.41, 5.74) is 2.25. The zero-order valence-electron chi connectivity index (χ0n) is 21.0. The molecule has 0 aromatic heterocycles. The van der Waals surface area contributed by atoms with Crippen LogP contribution in [0.25, 0.3) is 0 Å². The van der Waals surface area contributed by atoms with Crippen LogP contribution in [-0.4, -0.2) is 32.6 Å². The molecule has 4 rings (SSSR count). The van der Waals surface area contributed by atoms with Crippen LogP contribution in [0.3, 0.4) is 0 Å². The summed E-state index contributed by atoms with van der Waals surface area (Å²) < 4.78 is 55.6. The number of ether oxygens (including phenoxy) is 3. The summed E-state index contributed by atoms with van der Waals surface area (Å²) in [4.78, 5) is 26.6. The van der Waals surface area contributed by atoms with Crippen molar-refractivity contribution < 1.29 is 37.0 Å². The highest BCUT2D eigenvalue weighted by atomic mass is 19.4. The summed E-state index contributed by atoms with van der Waals surface area (Å²) in [5.74, 6) is -0.678. The van der Waals surface area contributed by atoms with E-state index in [1.807, 2.05) is 12.1 Å². The van der Waals surface area contributed by atoms with Crippen LogP contribution in [0.2, 0.25) is 0 Å². The van der Waals surface area contributed by atoms with E-state index in [9.17, 15) is 22.8 Å². The van der Waals surface area contributed by atoms with Crippen molar-refractivity contribution in [2.75, 3.05) is 20.8 Å². The molecule has 0 unspecified atom stereocenters. The number of dihydropyridines is 1. The minimum atomic E-state index is -4.50. The van der Waals surface area contributed by atoms with Crippen LogP contribution >= 0.6 is 0 Å². The van der Waals surface area contributed by atoms with Crippen molar-refractivity contribution >= 4 is 11.8 Å². The molecule has 0 fully saturated rings. The Morgan fingerprint density at radius 3 is 2.24 bits per heavy atom. The minimum Gasteiger partial charge on any atom is -0.493 e. The maximum atomic E-state index is 13.6. The van der Waals surface area contributed by atoms with E-state index in [1.54, 1.807) is 27.0 Å². The Hall–Kier alpha value is -3.75. The molecule has 1 aliphatic heterocycles. The van der Waals surface area contributed by atoms with Gasteiger partial charge in [-0.2, -0.15) is 13.2 Å². The molecule has 2 aromatic carbocycles. The first-order valence-corrected chi connectivity index (χ1v) is 11.9. The number of ketones is 1. The number of benzene rings is 2. The van der Waals surface area contributed by atoms with E-state index >= 15 is 0 Å². The molecule has 1 N–H and O–H groups in total. The number of hydrogen-bond donors (Lipinski definition) is 1. The van der Waals surface area contributed by atoms with Gasteiger partial charge < -0.3 is 19.5 Å². The van der Waals surface area contributed by atoms with Crippen LogP contribution < -0.4 is 14.8 Å². The Labute approximate surface area is 213 Å². The van der Waals surface area contributed by atoms with E-state index in [0.29, 0.717) is 40.5 Å². The number of halogens is 3. The van der Waals surface area contributed by atoms with Crippen LogP contribution in [0.15, 0.2) is 65.0 Å². The molecule has 196 valence electrons. The second-order valence-electron chi connectivity index (χ2n) is 8.97. The Morgan fingerprint density at radius 1 is 1.00 bits per heavy atom. The van der Waals surface area contributed by atoms with Crippen molar-refractivity contribution in [3.8, 4) is 11.5 Å². The average molecular weight is 516 g/mol. The van der Waals surface area contributed by atoms with Gasteiger partial charge in [-0.05, 0) is 61.6 Å². The van der Waals surface area contributed by atoms with Crippen molar-refractivity contribution in [2.45, 2.75) is 44.7 Å². The first kappa shape index (κ1) is 26.3. The quantitative estimate of drug-likeness (QED) is 0.502. The molecule has 0 amide bonds. The van der Waals surface area contributed by atoms with Gasteiger partial charge in [0.25, 0.3) is 0 Å². The number of allylic oxidation sites excluding steroid dienone is 3. The lowest BCUT2D eigenvalue weighted by Gasteiger charge is -2.36. The number of alkyl halides is 3. The van der Waals surface area contributed by atoms with Crippen LogP contribution in [0.5, 0.6) is 11.5 Å². The lowest BCUT2D eigenvalue weighted by molar-refractivity contribution is -0.139. The van der Waals surface area contributed by atoms with Gasteiger partial charge in [-0.15, -0.1) is 0 Å². The molecule has 0 radical (unpaired) electrons. The van der Waals surface area contributed by atoms with Gasteiger partial charge in [0.15, 0.2) is 17.3 Å². The maximum Gasteiger partial charge on any atom is 0.416 e. The lowest BCUT2D eigenvalue weighted by atomic mass is 9.71. The summed E-state index contributed by atoms with van der Waals surface area (Å²) in [7, 11) is 3.08. The fourth-order valence-corrected chi connectivity index (χ4v) is 5.06. The fourth-order valence-electron chi connectivity index (χ4n) is 5.06. The van der Waals surface area contributed by atoms with Gasteiger partial charge in [-0.3, -0.25) is 4.79 Å². The molecule has 1 aliphatic carbocycles. The smallest absolute Gasteiger partial charge is 0.416 e. The first-order valence-electron chi connectivity index (χ1n) is 11.9. The molecule has 0 spiro atoms. The molecule has 2 atom stereocenters. The van der Waals surface area contributed by atoms with E-state index in [1.165, 1.54) is 19.2 Å². The van der Waals surface area contributed by atoms with E-state index in [0.717, 1.165) is 17.7 Å². The number of carbonyl (C=O) groups excluding carboxylic acids is 2. The average Bonchev–Trinajstić information content (AvgIpc) is 2.86. The third kappa shape index (κ3) is 5.08. The van der Waals surface area contributed by atoms with E-state index in [2.05, 4.69) is 5.32 Å². The highest BCUT2D eigenvalue weighted by Gasteiger charge is 2.42. The summed E-state index contributed by atoms with van der Waals surface area (Å²) in [6.45, 7) is 3.50. The van der Waals surface area contributed by atoms with Crippen LogP contribution in [0, 0.1) is 0 Å². The molecule has 2 aromatic rings. The monoisotopic (exact) mass is 515 g/mol. The first-order chi connectivity index (χ1) is 17.6. The van der Waals surface area contributed by atoms with E-state index in [4.69, 9.17) is 14.2 Å². The number of methoxy groups -OCH3 is 2. The number of nitrogens with one attached hydrogen (secondary N) is 1. The minimum absolute atomic E-state index is 0.122. The molecule has 2 aliphatic rings. The van der Waals surface area contributed by atoms with E-state index < -0.39 is 23.6 Å². The van der Waals surface area contributed by atoms with E-state index in [-0.39, 0.29) is 30.3 Å². The highest BCUT2D eigenvalue weighted by molar-refractivity contribution is 6.04. The maximum absolute atomic E-state index is 13.6. The SMILES string of the molecule is CCOC(=O)C1=C(C)NC2=C(C(=O)C[C@@H](c3ccc(OC)c(OC)c3)C2)[C@@H]1c1ccc(C(F)(F)F)cc1. The lowest BCUT2D eigenvalue weighted by Crippen LogP contribution is -2.36. The van der Waals surface area contributed by atoms with Gasteiger partial charge in [0.05, 0.1) is 32.0 Å². The van der Waals surface area contributed by atoms with Crippen molar-refractivity contribution in [1.29, 1.82) is 0 Å². The predicted octanol–water partition coefficient (Wildman–Crippen LogP) is 5.65. The third-order valence-electron chi connectivity index (χ3n) is 6.77. The van der Waals surface area contributed by atoms with Crippen molar-refractivity contribution in [3.63, 3.8) is 0 Å². The van der Waals surface area contributed by atoms with Crippen molar-refractivity contribution in [3.05, 3.63) is 81.7 Å². The summed E-state index contributed by atoms with van der Waals surface area (Å²) in [6, 6.07) is 10.1. The zero-order chi connectivity index (χ0) is 26.9. The van der Waals surface area contributed by atoms with Gasteiger partial charge in [0.1, 0.15) is 0 Å². The second-order valence-corrected chi connectivity index (χ2v) is 8.97. The number of esters is 1. The van der Waals surface area contributed by atoms with Gasteiger partial charge in [0.2, 0.25) is 0 Å². The normalized spacial score (nSPS) is 19.8. The molecular formula is C28H28F3NO5. The van der Waals surface area contributed by atoms with Crippen LogP contribution in [0.1, 0.15) is 55.2 Å². The number of rotatable bonds is 6. The fraction of sp³-hybridized carbons (Fsp3) is 0.357. The second kappa shape index (κ2) is 10.3. The van der Waals surface area contributed by atoms with Gasteiger partial charge in [0, 0.05) is 29.3 Å². The molecule has 0 saturated carbocycles. The predicted molar refractivity (Wildman–Crippen MR) is 130 cm³/mol. The standard InChI is InChI=1S/C28H28F3NO5/c1-5-37-27(34)24-15(2)32-20-12-18(17-8-11-22(35-3)23(14-17)36-4)13-21(33)26(20)25(24)16-6-9-19(10-7-16)28(29,30)31/h6-11,14,18,25,32H,5,12-13H2,1-4H3/t18-,25+/m0/s1. The summed E-state index contributed by atoms with van der Waals surface area (Å²) in [5, 5.41) is 3.23. The Balaban J connectivity index is 1.77. The van der Waals surface area contributed by atoms with Crippen LogP contribution in [-0.2, 0) is 20.5 Å². The number of hydrogen-bond acceptors (Lipinski definition) is 6. The Bertz CT molecular complexity index is 1280. The van der Waals surface area contributed by atoms with Gasteiger partial charge in [-0.25, -0.2) is 4.79 Å². The largest absolute Gasteiger partial charge is 0.493 e. The highest BCUT2D eigenvalue weighted by Crippen LogP contribution is 2.47. The molecule has 37 heavy (non-hydrogen) atoms. The zero-order valence-corrected chi connectivity index (χ0v) is 21.0. The summed E-state index contributed by atoms with van der Waals surface area (Å²) >= 11 is 0. The topological polar surface area (TPSA) is 73.9 Å². The van der Waals surface area contributed by atoms with Crippen molar-refractivity contribution in [1.82, 2.24) is 5.32 Å². The summed E-state index contributed by atoms with van der Waals surface area (Å²) in [6.07, 6.45) is -3.86. The third-order valence-corrected chi connectivity index (χ3v) is 6.77. The number of carbonyl (C=O) groups is 2. The van der Waals surface area contributed by atoms with Crippen molar-refractivity contribution in [2.24, 2.45) is 0 Å². The Morgan fingerprint density at radius 2 is 1.65 bits per heavy atom. The molecule has 6 nitrogen and oxygen atoms in total. The molecule has 1 heterocycles. The van der Waals surface area contributed by atoms with Gasteiger partial charge >= 0.3 is 12.1 Å². The van der Waals surface area contributed by atoms with Gasteiger partial charge in [-0.1, -0.05) is 18.2 Å².